The molecule has 2 aromatic heterocycles. The summed E-state index contributed by atoms with van der Waals surface area (Å²) < 4.78 is 2.07. The van der Waals surface area contributed by atoms with Crippen LogP contribution in [0, 0.1) is 0 Å². The molecule has 1 aliphatic rings. The van der Waals surface area contributed by atoms with Crippen LogP contribution in [0.4, 0.5) is 0 Å². The van der Waals surface area contributed by atoms with Gasteiger partial charge in [0, 0.05) is 17.1 Å². The minimum absolute atomic E-state index is 0.0267. The highest BCUT2D eigenvalue weighted by Gasteiger charge is 2.25. The number of rotatable bonds is 5. The fourth-order valence-corrected chi connectivity index (χ4v) is 4.18. The summed E-state index contributed by atoms with van der Waals surface area (Å²) in [5.74, 6) is 1.42. The number of fused-ring (bicyclic) bond motifs is 1. The lowest BCUT2D eigenvalue weighted by Gasteiger charge is -2.31. The van der Waals surface area contributed by atoms with Crippen molar-refractivity contribution >= 4 is 23.2 Å². The third-order valence-corrected chi connectivity index (χ3v) is 5.75. The first kappa shape index (κ1) is 18.9. The lowest BCUT2D eigenvalue weighted by molar-refractivity contribution is -0.123. The van der Waals surface area contributed by atoms with Gasteiger partial charge < -0.3 is 5.32 Å². The Bertz CT molecular complexity index is 964. The number of hydrogen-bond donors (Lipinski definition) is 1. The number of likely N-dealkylation sites (tertiary alicyclic amines) is 1. The summed E-state index contributed by atoms with van der Waals surface area (Å²) in [5.41, 5.74) is 1.82. The second kappa shape index (κ2) is 8.29. The zero-order chi connectivity index (χ0) is 19.5. The molecule has 0 bridgehead atoms. The number of nitrogens with one attached hydrogen (secondary N) is 1. The van der Waals surface area contributed by atoms with E-state index in [9.17, 15) is 4.79 Å². The molecule has 0 spiro atoms. The lowest BCUT2D eigenvalue weighted by Crippen LogP contribution is -2.42. The number of aromatic nitrogens is 3. The Morgan fingerprint density at radius 3 is 2.71 bits per heavy atom. The van der Waals surface area contributed by atoms with Crippen LogP contribution in [0.1, 0.15) is 43.1 Å². The second-order valence-electron chi connectivity index (χ2n) is 7.35. The molecular formula is C21H24ClN5O. The molecule has 3 heterocycles. The summed E-state index contributed by atoms with van der Waals surface area (Å²) in [4.78, 5) is 14.7. The summed E-state index contributed by atoms with van der Waals surface area (Å²) in [6.45, 7) is 4.12. The Labute approximate surface area is 169 Å². The second-order valence-corrected chi connectivity index (χ2v) is 7.76. The molecule has 1 aromatic carbocycles. The molecule has 1 atom stereocenters. The first-order valence-corrected chi connectivity index (χ1v) is 10.1. The number of piperidine rings is 1. The van der Waals surface area contributed by atoms with Crippen molar-refractivity contribution in [3.63, 3.8) is 0 Å². The summed E-state index contributed by atoms with van der Waals surface area (Å²) in [6, 6.07) is 13.4. The summed E-state index contributed by atoms with van der Waals surface area (Å²) in [5, 5.41) is 12.4. The molecule has 1 saturated heterocycles. The maximum atomic E-state index is 12.5. The van der Waals surface area contributed by atoms with Crippen molar-refractivity contribution in [1.29, 1.82) is 0 Å². The highest BCUT2D eigenvalue weighted by atomic mass is 35.5. The van der Waals surface area contributed by atoms with Crippen LogP contribution in [0.5, 0.6) is 0 Å². The zero-order valence-corrected chi connectivity index (χ0v) is 16.6. The van der Waals surface area contributed by atoms with Gasteiger partial charge in [-0.25, -0.2) is 0 Å². The topological polar surface area (TPSA) is 62.5 Å². The number of hydrogen-bond acceptors (Lipinski definition) is 4. The maximum Gasteiger partial charge on any atom is 0.234 e. The van der Waals surface area contributed by atoms with E-state index in [-0.39, 0.29) is 11.9 Å². The normalized spacial score (nSPS) is 16.9. The number of amides is 1. The van der Waals surface area contributed by atoms with E-state index in [1.54, 1.807) is 0 Å². The number of carbonyl (C=O) groups is 1. The van der Waals surface area contributed by atoms with Crippen LogP contribution in [0.25, 0.3) is 5.65 Å². The molecule has 1 aliphatic heterocycles. The van der Waals surface area contributed by atoms with E-state index in [0.29, 0.717) is 17.5 Å². The van der Waals surface area contributed by atoms with Crippen molar-refractivity contribution in [1.82, 2.24) is 24.8 Å². The fraction of sp³-hybridized carbons (Fsp3) is 0.381. The molecular weight excluding hydrogens is 374 g/mol. The Hall–Kier alpha value is -2.44. The molecule has 146 valence electrons. The van der Waals surface area contributed by atoms with Gasteiger partial charge in [0.05, 0.1) is 12.6 Å². The molecule has 0 aliphatic carbocycles. The van der Waals surface area contributed by atoms with Crippen molar-refractivity contribution in [3.8, 4) is 0 Å². The van der Waals surface area contributed by atoms with Gasteiger partial charge in [-0.05, 0) is 56.6 Å². The largest absolute Gasteiger partial charge is 0.348 e. The van der Waals surface area contributed by atoms with E-state index in [2.05, 4.69) is 24.8 Å². The van der Waals surface area contributed by atoms with Crippen LogP contribution < -0.4 is 5.32 Å². The summed E-state index contributed by atoms with van der Waals surface area (Å²) in [6.07, 6.45) is 3.96. The Morgan fingerprint density at radius 2 is 1.93 bits per heavy atom. The summed E-state index contributed by atoms with van der Waals surface area (Å²) >= 11 is 6.23. The van der Waals surface area contributed by atoms with Crippen molar-refractivity contribution < 1.29 is 4.79 Å². The van der Waals surface area contributed by atoms with E-state index in [0.717, 1.165) is 43.0 Å². The zero-order valence-electron chi connectivity index (χ0n) is 15.9. The van der Waals surface area contributed by atoms with E-state index < -0.39 is 0 Å². The van der Waals surface area contributed by atoms with Gasteiger partial charge in [0.15, 0.2) is 5.65 Å². The quantitative estimate of drug-likeness (QED) is 0.716. The highest BCUT2D eigenvalue weighted by Crippen LogP contribution is 2.27. The Balaban J connectivity index is 1.31. The SMILES string of the molecule is CC(NC(=O)CN1CCC(c2nnc3ccccn23)CC1)c1ccccc1Cl. The van der Waals surface area contributed by atoms with Crippen molar-refractivity contribution in [3.05, 3.63) is 65.1 Å². The van der Waals surface area contributed by atoms with Crippen LogP contribution >= 0.6 is 11.6 Å². The van der Waals surface area contributed by atoms with E-state index >= 15 is 0 Å². The van der Waals surface area contributed by atoms with Gasteiger partial charge in [0.2, 0.25) is 5.91 Å². The van der Waals surface area contributed by atoms with Gasteiger partial charge in [-0.1, -0.05) is 35.9 Å². The van der Waals surface area contributed by atoms with Crippen LogP contribution in [0.2, 0.25) is 5.02 Å². The minimum atomic E-state index is -0.110. The van der Waals surface area contributed by atoms with Gasteiger partial charge in [-0.3, -0.25) is 14.1 Å². The van der Waals surface area contributed by atoms with Gasteiger partial charge in [0.25, 0.3) is 0 Å². The average Bonchev–Trinajstić information content (AvgIpc) is 3.13. The van der Waals surface area contributed by atoms with Gasteiger partial charge in [0.1, 0.15) is 5.82 Å². The molecule has 0 saturated carbocycles. The minimum Gasteiger partial charge on any atom is -0.348 e. The molecule has 28 heavy (non-hydrogen) atoms. The Kier molecular flexibility index (Phi) is 5.59. The lowest BCUT2D eigenvalue weighted by atomic mass is 9.96. The molecule has 3 aromatic rings. The van der Waals surface area contributed by atoms with Crippen molar-refractivity contribution in [2.24, 2.45) is 0 Å². The number of nitrogens with zero attached hydrogens (tertiary/aromatic N) is 4. The average molecular weight is 398 g/mol. The van der Waals surface area contributed by atoms with Crippen LogP contribution in [0.3, 0.4) is 0 Å². The smallest absolute Gasteiger partial charge is 0.234 e. The molecule has 4 rings (SSSR count). The molecule has 1 amide bonds. The molecule has 1 N–H and O–H groups in total. The van der Waals surface area contributed by atoms with E-state index in [1.165, 1.54) is 0 Å². The van der Waals surface area contributed by atoms with Crippen LogP contribution in [-0.4, -0.2) is 45.0 Å². The summed E-state index contributed by atoms with van der Waals surface area (Å²) in [7, 11) is 0. The predicted molar refractivity (Wildman–Crippen MR) is 109 cm³/mol. The third-order valence-electron chi connectivity index (χ3n) is 5.41. The van der Waals surface area contributed by atoms with Gasteiger partial charge >= 0.3 is 0 Å². The van der Waals surface area contributed by atoms with Gasteiger partial charge in [-0.15, -0.1) is 10.2 Å². The number of benzene rings is 1. The fourth-order valence-electron chi connectivity index (χ4n) is 3.88. The first-order chi connectivity index (χ1) is 13.6. The van der Waals surface area contributed by atoms with Crippen molar-refractivity contribution in [2.75, 3.05) is 19.6 Å². The predicted octanol–water partition coefficient (Wildman–Crippen LogP) is 3.44. The molecule has 7 heteroatoms. The monoisotopic (exact) mass is 397 g/mol. The van der Waals surface area contributed by atoms with Crippen molar-refractivity contribution in [2.45, 2.75) is 31.7 Å². The maximum absolute atomic E-state index is 12.5. The van der Waals surface area contributed by atoms with E-state index in [1.807, 2.05) is 55.6 Å². The standard InChI is InChI=1S/C21H24ClN5O/c1-15(17-6-2-3-7-18(17)22)23-20(28)14-26-12-9-16(10-13-26)21-25-24-19-8-4-5-11-27(19)21/h2-8,11,15-16H,9-10,12-14H2,1H3,(H,23,28). The van der Waals surface area contributed by atoms with Gasteiger partial charge in [-0.2, -0.15) is 0 Å². The molecule has 0 radical (unpaired) electrons. The number of halogens is 1. The molecule has 6 nitrogen and oxygen atoms in total. The first-order valence-electron chi connectivity index (χ1n) is 9.67. The molecule has 1 fully saturated rings. The Morgan fingerprint density at radius 1 is 1.18 bits per heavy atom. The molecule has 1 unspecified atom stereocenters. The number of carbonyl (C=O) groups excluding carboxylic acids is 1. The van der Waals surface area contributed by atoms with Crippen LogP contribution in [0.15, 0.2) is 48.7 Å². The highest BCUT2D eigenvalue weighted by molar-refractivity contribution is 6.31. The third kappa shape index (κ3) is 4.03. The number of pyridine rings is 1. The van der Waals surface area contributed by atoms with Crippen LogP contribution in [-0.2, 0) is 4.79 Å². The van der Waals surface area contributed by atoms with E-state index in [4.69, 9.17) is 11.6 Å².